The van der Waals surface area contributed by atoms with Gasteiger partial charge in [-0.15, -0.1) is 0 Å². The number of hydrogen-bond donors (Lipinski definition) is 1. The molecular formula is C12H23NO. The summed E-state index contributed by atoms with van der Waals surface area (Å²) in [5, 5.41) is 3.43. The van der Waals surface area contributed by atoms with Crippen molar-refractivity contribution in [2.75, 3.05) is 6.54 Å². The van der Waals surface area contributed by atoms with E-state index in [1.807, 2.05) is 0 Å². The molecule has 1 saturated heterocycles. The Morgan fingerprint density at radius 2 is 2.07 bits per heavy atom. The van der Waals surface area contributed by atoms with Crippen LogP contribution in [-0.4, -0.2) is 18.4 Å². The van der Waals surface area contributed by atoms with Gasteiger partial charge in [-0.2, -0.15) is 0 Å². The smallest absolute Gasteiger partial charge is 0.131 e. The highest BCUT2D eigenvalue weighted by molar-refractivity contribution is 5.76. The molecule has 0 amide bonds. The summed E-state index contributed by atoms with van der Waals surface area (Å²) in [6.45, 7) is 9.65. The van der Waals surface area contributed by atoms with Crippen LogP contribution in [0.25, 0.3) is 0 Å². The molecule has 1 aliphatic heterocycles. The molecule has 0 aromatic rings. The number of piperidine rings is 1. The van der Waals surface area contributed by atoms with Gasteiger partial charge in [0.2, 0.25) is 0 Å². The maximum absolute atomic E-state index is 11.0. The van der Waals surface area contributed by atoms with E-state index in [2.05, 4.69) is 26.1 Å². The lowest BCUT2D eigenvalue weighted by atomic mass is 9.73. The van der Waals surface area contributed by atoms with E-state index >= 15 is 0 Å². The van der Waals surface area contributed by atoms with Gasteiger partial charge in [-0.05, 0) is 37.6 Å². The molecule has 1 fully saturated rings. The van der Waals surface area contributed by atoms with Crippen molar-refractivity contribution >= 4 is 5.78 Å². The fraction of sp³-hybridized carbons (Fsp3) is 0.917. The van der Waals surface area contributed by atoms with Gasteiger partial charge >= 0.3 is 0 Å². The average Bonchev–Trinajstić information content (AvgIpc) is 2.01. The zero-order valence-corrected chi connectivity index (χ0v) is 9.89. The van der Waals surface area contributed by atoms with Crippen molar-refractivity contribution in [1.29, 1.82) is 0 Å². The Morgan fingerprint density at radius 3 is 2.57 bits per heavy atom. The van der Waals surface area contributed by atoms with Crippen molar-refractivity contribution < 1.29 is 4.79 Å². The van der Waals surface area contributed by atoms with Crippen LogP contribution in [-0.2, 0) is 4.79 Å². The second-order valence-corrected chi connectivity index (χ2v) is 5.64. The van der Waals surface area contributed by atoms with Gasteiger partial charge in [0.05, 0.1) is 0 Å². The molecule has 2 atom stereocenters. The van der Waals surface area contributed by atoms with Gasteiger partial charge in [-0.1, -0.05) is 20.8 Å². The highest BCUT2D eigenvalue weighted by Gasteiger charge is 2.30. The molecule has 0 aromatic heterocycles. The summed E-state index contributed by atoms with van der Waals surface area (Å²) in [6.07, 6.45) is 3.10. The average molecular weight is 197 g/mol. The molecule has 0 aliphatic carbocycles. The predicted molar refractivity (Wildman–Crippen MR) is 59.3 cm³/mol. The van der Waals surface area contributed by atoms with Crippen molar-refractivity contribution in [3.63, 3.8) is 0 Å². The standard InChI is InChI=1S/C12H23NO/c1-9(14)7-11-8-10(5-6-13-11)12(2,3)4/h10-11,13H,5-8H2,1-4H3. The fourth-order valence-electron chi connectivity index (χ4n) is 2.30. The van der Waals surface area contributed by atoms with Gasteiger partial charge < -0.3 is 5.32 Å². The first-order chi connectivity index (χ1) is 6.39. The summed E-state index contributed by atoms with van der Waals surface area (Å²) < 4.78 is 0. The summed E-state index contributed by atoms with van der Waals surface area (Å²) in [5.41, 5.74) is 0.386. The van der Waals surface area contributed by atoms with Crippen LogP contribution in [0, 0.1) is 11.3 Å². The van der Waals surface area contributed by atoms with E-state index in [4.69, 9.17) is 0 Å². The highest BCUT2D eigenvalue weighted by atomic mass is 16.1. The lowest BCUT2D eigenvalue weighted by Crippen LogP contribution is -2.42. The van der Waals surface area contributed by atoms with Crippen LogP contribution < -0.4 is 5.32 Å². The maximum Gasteiger partial charge on any atom is 0.131 e. The zero-order valence-electron chi connectivity index (χ0n) is 9.89. The molecule has 14 heavy (non-hydrogen) atoms. The molecule has 2 unspecified atom stereocenters. The third-order valence-corrected chi connectivity index (χ3v) is 3.25. The lowest BCUT2D eigenvalue weighted by molar-refractivity contribution is -0.117. The van der Waals surface area contributed by atoms with E-state index in [0.29, 0.717) is 23.7 Å². The molecule has 2 heteroatoms. The molecule has 2 nitrogen and oxygen atoms in total. The van der Waals surface area contributed by atoms with E-state index < -0.39 is 0 Å². The van der Waals surface area contributed by atoms with E-state index in [0.717, 1.165) is 18.9 Å². The Hall–Kier alpha value is -0.370. The number of nitrogens with one attached hydrogen (secondary N) is 1. The van der Waals surface area contributed by atoms with Gasteiger partial charge in [-0.25, -0.2) is 0 Å². The molecule has 82 valence electrons. The van der Waals surface area contributed by atoms with Crippen LogP contribution in [0.1, 0.15) is 47.0 Å². The first-order valence-electron chi connectivity index (χ1n) is 5.62. The molecule has 1 rings (SSSR count). The van der Waals surface area contributed by atoms with Crippen molar-refractivity contribution in [3.05, 3.63) is 0 Å². The molecular weight excluding hydrogens is 174 g/mol. The SMILES string of the molecule is CC(=O)CC1CC(C(C)(C)C)CCN1. The minimum Gasteiger partial charge on any atom is -0.314 e. The normalized spacial score (nSPS) is 28.9. The summed E-state index contributed by atoms with van der Waals surface area (Å²) in [4.78, 5) is 11.0. The number of carbonyl (C=O) groups is 1. The Labute approximate surface area is 87.5 Å². The zero-order chi connectivity index (χ0) is 10.8. The molecule has 0 spiro atoms. The van der Waals surface area contributed by atoms with E-state index in [9.17, 15) is 4.79 Å². The first kappa shape index (κ1) is 11.7. The topological polar surface area (TPSA) is 29.1 Å². The summed E-state index contributed by atoms with van der Waals surface area (Å²) in [6, 6.07) is 0.422. The summed E-state index contributed by atoms with van der Waals surface area (Å²) in [5.74, 6) is 1.06. The van der Waals surface area contributed by atoms with Gasteiger partial charge in [0.15, 0.2) is 0 Å². The van der Waals surface area contributed by atoms with Gasteiger partial charge in [-0.3, -0.25) is 4.79 Å². The predicted octanol–water partition coefficient (Wildman–Crippen LogP) is 2.38. The molecule has 0 aromatic carbocycles. The van der Waals surface area contributed by atoms with Crippen molar-refractivity contribution in [2.24, 2.45) is 11.3 Å². The quantitative estimate of drug-likeness (QED) is 0.736. The summed E-state index contributed by atoms with van der Waals surface area (Å²) >= 11 is 0. The number of Topliss-reactive ketones (excluding diaryl/α,β-unsaturated/α-hetero) is 1. The second-order valence-electron chi connectivity index (χ2n) is 5.64. The van der Waals surface area contributed by atoms with Gasteiger partial charge in [0, 0.05) is 12.5 Å². The van der Waals surface area contributed by atoms with Gasteiger partial charge in [0.1, 0.15) is 5.78 Å². The largest absolute Gasteiger partial charge is 0.314 e. The van der Waals surface area contributed by atoms with Crippen LogP contribution in [0.5, 0.6) is 0 Å². The van der Waals surface area contributed by atoms with Crippen molar-refractivity contribution in [2.45, 2.75) is 53.0 Å². The first-order valence-corrected chi connectivity index (χ1v) is 5.62. The van der Waals surface area contributed by atoms with Gasteiger partial charge in [0.25, 0.3) is 0 Å². The monoisotopic (exact) mass is 197 g/mol. The van der Waals surface area contributed by atoms with E-state index in [1.165, 1.54) is 6.42 Å². The van der Waals surface area contributed by atoms with Crippen molar-refractivity contribution in [3.8, 4) is 0 Å². The Bertz CT molecular complexity index is 205. The molecule has 1 heterocycles. The highest BCUT2D eigenvalue weighted by Crippen LogP contribution is 2.34. The lowest BCUT2D eigenvalue weighted by Gasteiger charge is -2.38. The van der Waals surface area contributed by atoms with Crippen LogP contribution >= 0.6 is 0 Å². The summed E-state index contributed by atoms with van der Waals surface area (Å²) in [7, 11) is 0. The Kier molecular flexibility index (Phi) is 3.71. The molecule has 0 radical (unpaired) electrons. The van der Waals surface area contributed by atoms with Crippen molar-refractivity contribution in [1.82, 2.24) is 5.32 Å². The second kappa shape index (κ2) is 4.43. The van der Waals surface area contributed by atoms with Crippen LogP contribution in [0.3, 0.4) is 0 Å². The molecule has 1 aliphatic rings. The van der Waals surface area contributed by atoms with Crippen LogP contribution in [0.15, 0.2) is 0 Å². The third-order valence-electron chi connectivity index (χ3n) is 3.25. The minimum atomic E-state index is 0.303. The van der Waals surface area contributed by atoms with E-state index in [1.54, 1.807) is 6.92 Å². The number of ketones is 1. The third kappa shape index (κ3) is 3.41. The number of carbonyl (C=O) groups excluding carboxylic acids is 1. The Morgan fingerprint density at radius 1 is 1.43 bits per heavy atom. The molecule has 0 saturated carbocycles. The molecule has 0 bridgehead atoms. The maximum atomic E-state index is 11.0. The van der Waals surface area contributed by atoms with E-state index in [-0.39, 0.29) is 0 Å². The molecule has 1 N–H and O–H groups in total. The minimum absolute atomic E-state index is 0.303. The number of rotatable bonds is 2. The number of hydrogen-bond acceptors (Lipinski definition) is 2. The fourth-order valence-corrected chi connectivity index (χ4v) is 2.30. The van der Waals surface area contributed by atoms with Crippen LogP contribution in [0.4, 0.5) is 0 Å². The van der Waals surface area contributed by atoms with Crippen LogP contribution in [0.2, 0.25) is 0 Å². The Balaban J connectivity index is 2.48.